The van der Waals surface area contributed by atoms with Crippen molar-refractivity contribution in [1.82, 2.24) is 4.57 Å². The highest BCUT2D eigenvalue weighted by molar-refractivity contribution is 6.01. The lowest BCUT2D eigenvalue weighted by molar-refractivity contribution is -0.384. The van der Waals surface area contributed by atoms with Crippen LogP contribution in [0.2, 0.25) is 0 Å². The third kappa shape index (κ3) is 4.57. The maximum atomic E-state index is 12.9. The number of benzene rings is 3. The van der Waals surface area contributed by atoms with E-state index in [-0.39, 0.29) is 5.69 Å². The van der Waals surface area contributed by atoms with Crippen LogP contribution in [0.5, 0.6) is 0 Å². The van der Waals surface area contributed by atoms with Crippen molar-refractivity contribution < 1.29 is 18.1 Å². The molecule has 0 saturated heterocycles. The Morgan fingerprint density at radius 2 is 1.76 bits per heavy atom. The zero-order valence-electron chi connectivity index (χ0n) is 17.5. The van der Waals surface area contributed by atoms with Gasteiger partial charge < -0.3 is 4.57 Å². The second-order valence-electron chi connectivity index (χ2n) is 7.44. The monoisotopic (exact) mass is 452 g/mol. The molecule has 1 aromatic heterocycles. The molecule has 0 amide bonds. The van der Waals surface area contributed by atoms with Crippen LogP contribution in [0.15, 0.2) is 77.9 Å². The SMILES string of the molecule is Cc1c(/C=N\Nc2ccc(C(F)(F)F)cc2[N+](=O)[O-])c2ccccc2n1Cc1ccccc1. The number of para-hydroxylation sites is 1. The van der Waals surface area contributed by atoms with Crippen LogP contribution < -0.4 is 5.43 Å². The average molecular weight is 452 g/mol. The number of hydrogen-bond acceptors (Lipinski definition) is 4. The minimum Gasteiger partial charge on any atom is -0.340 e. The van der Waals surface area contributed by atoms with Gasteiger partial charge in [0.05, 0.1) is 16.7 Å². The highest BCUT2D eigenvalue weighted by atomic mass is 19.4. The van der Waals surface area contributed by atoms with Crippen molar-refractivity contribution in [3.8, 4) is 0 Å². The van der Waals surface area contributed by atoms with Crippen molar-refractivity contribution in [3.63, 3.8) is 0 Å². The molecule has 0 bridgehead atoms. The molecule has 168 valence electrons. The van der Waals surface area contributed by atoms with E-state index in [0.29, 0.717) is 12.6 Å². The number of nitrogens with one attached hydrogen (secondary N) is 1. The lowest BCUT2D eigenvalue weighted by atomic mass is 10.1. The van der Waals surface area contributed by atoms with Crippen molar-refractivity contribution in [2.24, 2.45) is 5.10 Å². The molecule has 0 unspecified atom stereocenters. The number of rotatable bonds is 6. The van der Waals surface area contributed by atoms with Crippen molar-refractivity contribution >= 4 is 28.5 Å². The van der Waals surface area contributed by atoms with Gasteiger partial charge in [0, 0.05) is 34.8 Å². The van der Waals surface area contributed by atoms with E-state index < -0.39 is 22.4 Å². The molecule has 1 N–H and O–H groups in total. The molecule has 0 aliphatic rings. The second-order valence-corrected chi connectivity index (χ2v) is 7.44. The fourth-order valence-corrected chi connectivity index (χ4v) is 3.71. The van der Waals surface area contributed by atoms with Crippen molar-refractivity contribution in [2.75, 3.05) is 5.43 Å². The van der Waals surface area contributed by atoms with Gasteiger partial charge in [-0.3, -0.25) is 15.5 Å². The normalized spacial score (nSPS) is 11.9. The summed E-state index contributed by atoms with van der Waals surface area (Å²) in [6.07, 6.45) is -3.15. The van der Waals surface area contributed by atoms with Gasteiger partial charge in [-0.25, -0.2) is 0 Å². The maximum absolute atomic E-state index is 12.9. The number of hydrogen-bond donors (Lipinski definition) is 1. The summed E-state index contributed by atoms with van der Waals surface area (Å²) in [5.74, 6) is 0. The van der Waals surface area contributed by atoms with Gasteiger partial charge in [0.25, 0.3) is 5.69 Å². The van der Waals surface area contributed by atoms with Gasteiger partial charge in [-0.1, -0.05) is 48.5 Å². The number of aromatic nitrogens is 1. The molecule has 0 radical (unpaired) electrons. The Kier molecular flexibility index (Phi) is 5.87. The summed E-state index contributed by atoms with van der Waals surface area (Å²) < 4.78 is 40.9. The largest absolute Gasteiger partial charge is 0.416 e. The number of fused-ring (bicyclic) bond motifs is 1. The van der Waals surface area contributed by atoms with Crippen LogP contribution in [0.1, 0.15) is 22.4 Å². The summed E-state index contributed by atoms with van der Waals surface area (Å²) in [6, 6.07) is 20.0. The van der Waals surface area contributed by atoms with Crippen LogP contribution in [0.25, 0.3) is 10.9 Å². The predicted molar refractivity (Wildman–Crippen MR) is 122 cm³/mol. The fourth-order valence-electron chi connectivity index (χ4n) is 3.71. The van der Waals surface area contributed by atoms with E-state index in [9.17, 15) is 23.3 Å². The lowest BCUT2D eigenvalue weighted by Crippen LogP contribution is -2.06. The van der Waals surface area contributed by atoms with Gasteiger partial charge in [0.2, 0.25) is 0 Å². The Morgan fingerprint density at radius 1 is 1.06 bits per heavy atom. The van der Waals surface area contributed by atoms with E-state index in [1.807, 2.05) is 61.5 Å². The molecule has 33 heavy (non-hydrogen) atoms. The highest BCUT2D eigenvalue weighted by Crippen LogP contribution is 2.35. The first-order valence-corrected chi connectivity index (χ1v) is 10.0. The quantitative estimate of drug-likeness (QED) is 0.210. The van der Waals surface area contributed by atoms with Crippen LogP contribution in [0.4, 0.5) is 24.5 Å². The second kappa shape index (κ2) is 8.78. The van der Waals surface area contributed by atoms with Crippen LogP contribution in [0.3, 0.4) is 0 Å². The summed E-state index contributed by atoms with van der Waals surface area (Å²) in [4.78, 5) is 10.4. The van der Waals surface area contributed by atoms with E-state index in [2.05, 4.69) is 15.1 Å². The van der Waals surface area contributed by atoms with Crippen LogP contribution in [0, 0.1) is 17.0 Å². The average Bonchev–Trinajstić information content (AvgIpc) is 3.05. The maximum Gasteiger partial charge on any atom is 0.416 e. The summed E-state index contributed by atoms with van der Waals surface area (Å²) in [7, 11) is 0. The van der Waals surface area contributed by atoms with Gasteiger partial charge in [-0.05, 0) is 30.7 Å². The highest BCUT2D eigenvalue weighted by Gasteiger charge is 2.33. The summed E-state index contributed by atoms with van der Waals surface area (Å²) in [6.45, 7) is 2.60. The molecular weight excluding hydrogens is 433 g/mol. The van der Waals surface area contributed by atoms with Gasteiger partial charge in [-0.15, -0.1) is 0 Å². The Balaban J connectivity index is 1.67. The molecule has 0 fully saturated rings. The Bertz CT molecular complexity index is 1350. The molecule has 1 heterocycles. The molecule has 6 nitrogen and oxygen atoms in total. The van der Waals surface area contributed by atoms with E-state index in [1.165, 1.54) is 6.21 Å². The molecule has 4 rings (SSSR count). The number of nitro benzene ring substituents is 1. The molecule has 0 aliphatic carbocycles. The number of halogens is 3. The summed E-state index contributed by atoms with van der Waals surface area (Å²) in [5, 5.41) is 16.3. The molecule has 0 atom stereocenters. The van der Waals surface area contributed by atoms with Gasteiger partial charge in [0.15, 0.2) is 0 Å². The Labute approximate surface area is 187 Å². The smallest absolute Gasteiger partial charge is 0.340 e. The van der Waals surface area contributed by atoms with E-state index in [0.717, 1.165) is 39.9 Å². The van der Waals surface area contributed by atoms with E-state index in [4.69, 9.17) is 0 Å². The Hall–Kier alpha value is -4.14. The predicted octanol–water partition coefficient (Wildman–Crippen LogP) is 6.37. The fraction of sp³-hybridized carbons (Fsp3) is 0.125. The summed E-state index contributed by atoms with van der Waals surface area (Å²) in [5.41, 5.74) is 4.47. The van der Waals surface area contributed by atoms with Crippen molar-refractivity contribution in [1.29, 1.82) is 0 Å². The molecule has 0 saturated carbocycles. The third-order valence-corrected chi connectivity index (χ3v) is 5.36. The number of hydrazone groups is 1. The summed E-state index contributed by atoms with van der Waals surface area (Å²) >= 11 is 0. The standard InChI is InChI=1S/C24H19F3N4O2/c1-16-20(14-28-29-21-12-11-18(24(25,26)27)13-23(21)31(32)33)19-9-5-6-10-22(19)30(16)15-17-7-3-2-4-8-17/h2-14,29H,15H2,1H3/b28-14-. The van der Waals surface area contributed by atoms with Crippen molar-refractivity contribution in [3.05, 3.63) is 105 Å². The number of anilines is 1. The topological polar surface area (TPSA) is 72.5 Å². The molecule has 0 aliphatic heterocycles. The van der Waals surface area contributed by atoms with Crippen LogP contribution in [-0.4, -0.2) is 15.7 Å². The molecule has 4 aromatic rings. The molecule has 0 spiro atoms. The van der Waals surface area contributed by atoms with Gasteiger partial charge >= 0.3 is 6.18 Å². The number of nitro groups is 1. The first kappa shape index (κ1) is 22.1. The molecule has 9 heteroatoms. The first-order valence-electron chi connectivity index (χ1n) is 10.0. The van der Waals surface area contributed by atoms with E-state index in [1.54, 1.807) is 0 Å². The first-order chi connectivity index (χ1) is 15.8. The van der Waals surface area contributed by atoms with E-state index >= 15 is 0 Å². The van der Waals surface area contributed by atoms with Crippen LogP contribution in [-0.2, 0) is 12.7 Å². The lowest BCUT2D eigenvalue weighted by Gasteiger charge is -2.09. The minimum atomic E-state index is -4.68. The Morgan fingerprint density at radius 3 is 2.45 bits per heavy atom. The molecular formula is C24H19F3N4O2. The van der Waals surface area contributed by atoms with Gasteiger partial charge in [0.1, 0.15) is 5.69 Å². The minimum absolute atomic E-state index is 0.130. The van der Waals surface area contributed by atoms with Crippen molar-refractivity contribution in [2.45, 2.75) is 19.6 Å². The number of nitrogens with zero attached hydrogens (tertiary/aromatic N) is 3. The third-order valence-electron chi connectivity index (χ3n) is 5.36. The van der Waals surface area contributed by atoms with Gasteiger partial charge in [-0.2, -0.15) is 18.3 Å². The molecule has 3 aromatic carbocycles. The zero-order chi connectivity index (χ0) is 23.6. The number of alkyl halides is 3. The van der Waals surface area contributed by atoms with Crippen LogP contribution >= 0.6 is 0 Å². The zero-order valence-corrected chi connectivity index (χ0v) is 17.5.